The summed E-state index contributed by atoms with van der Waals surface area (Å²) in [6.45, 7) is 4.52. The Labute approximate surface area is 122 Å². The second-order valence-corrected chi connectivity index (χ2v) is 5.69. The topological polar surface area (TPSA) is 56.3 Å². The van der Waals surface area contributed by atoms with Gasteiger partial charge >= 0.3 is 0 Å². The maximum atomic E-state index is 13.4. The quantitative estimate of drug-likeness (QED) is 0.905. The normalized spacial score (nSPS) is 19.5. The zero-order chi connectivity index (χ0) is 15.0. The minimum atomic E-state index is -0.392. The Morgan fingerprint density at radius 3 is 3.00 bits per heavy atom. The van der Waals surface area contributed by atoms with Gasteiger partial charge in [0.05, 0.1) is 12.0 Å². The van der Waals surface area contributed by atoms with Crippen molar-refractivity contribution < 1.29 is 9.50 Å². The van der Waals surface area contributed by atoms with Crippen LogP contribution in [0.15, 0.2) is 23.0 Å². The van der Waals surface area contributed by atoms with E-state index in [4.69, 9.17) is 5.11 Å². The first-order valence-corrected chi connectivity index (χ1v) is 7.25. The first-order chi connectivity index (χ1) is 10.1. The molecule has 112 valence electrons. The number of likely N-dealkylation sites (tertiary alicyclic amines) is 1. The number of pyridine rings is 1. The highest BCUT2D eigenvalue weighted by atomic mass is 19.1. The van der Waals surface area contributed by atoms with E-state index in [1.54, 1.807) is 6.07 Å². The maximum Gasteiger partial charge on any atom is 0.256 e. The Morgan fingerprint density at radius 1 is 1.43 bits per heavy atom. The lowest BCUT2D eigenvalue weighted by Crippen LogP contribution is -2.24. The number of hydrogen-bond donors (Lipinski definition) is 2. The van der Waals surface area contributed by atoms with Crippen LogP contribution in [-0.4, -0.2) is 41.2 Å². The number of fused-ring (bicyclic) bond motifs is 1. The summed E-state index contributed by atoms with van der Waals surface area (Å²) in [6.07, 6.45) is 0.985. The summed E-state index contributed by atoms with van der Waals surface area (Å²) in [5.41, 5.74) is 1.72. The number of rotatable bonds is 3. The van der Waals surface area contributed by atoms with Crippen LogP contribution in [-0.2, 0) is 0 Å². The van der Waals surface area contributed by atoms with Crippen LogP contribution in [0.4, 0.5) is 4.39 Å². The Kier molecular flexibility index (Phi) is 3.78. The Hall–Kier alpha value is -1.72. The van der Waals surface area contributed by atoms with E-state index in [1.165, 1.54) is 12.1 Å². The van der Waals surface area contributed by atoms with Crippen molar-refractivity contribution in [3.05, 3.63) is 45.6 Å². The molecule has 0 bridgehead atoms. The molecule has 5 heteroatoms. The van der Waals surface area contributed by atoms with Gasteiger partial charge in [0.1, 0.15) is 5.82 Å². The van der Waals surface area contributed by atoms with Gasteiger partial charge in [-0.1, -0.05) is 6.07 Å². The van der Waals surface area contributed by atoms with Crippen molar-refractivity contribution in [1.82, 2.24) is 9.88 Å². The largest absolute Gasteiger partial charge is 0.395 e. The van der Waals surface area contributed by atoms with Crippen LogP contribution >= 0.6 is 0 Å². The zero-order valence-electron chi connectivity index (χ0n) is 12.0. The molecule has 1 unspecified atom stereocenters. The van der Waals surface area contributed by atoms with Crippen molar-refractivity contribution in [2.75, 3.05) is 26.2 Å². The van der Waals surface area contributed by atoms with Crippen molar-refractivity contribution in [2.24, 2.45) is 0 Å². The average molecular weight is 290 g/mol. The molecule has 21 heavy (non-hydrogen) atoms. The first kappa shape index (κ1) is 14.2. The number of aryl methyl sites for hydroxylation is 1. The molecule has 3 rings (SSSR count). The van der Waals surface area contributed by atoms with Gasteiger partial charge in [0.25, 0.3) is 5.56 Å². The molecule has 2 aromatic rings. The number of aliphatic hydroxyl groups excluding tert-OH is 1. The number of aliphatic hydroxyl groups is 1. The van der Waals surface area contributed by atoms with Crippen LogP contribution in [0.25, 0.3) is 10.8 Å². The number of aromatic amines is 1. The van der Waals surface area contributed by atoms with Gasteiger partial charge in [-0.15, -0.1) is 0 Å². The third-order valence-electron chi connectivity index (χ3n) is 4.32. The van der Waals surface area contributed by atoms with Gasteiger partial charge < -0.3 is 15.0 Å². The maximum absolute atomic E-state index is 13.4. The molecule has 1 fully saturated rings. The lowest BCUT2D eigenvalue weighted by atomic mass is 9.92. The standard InChI is InChI=1S/C16H19FN2O2/c1-10-15(11-4-5-19(9-11)6-7-20)13-3-2-12(17)8-14(13)16(21)18-10/h2-3,8,11,20H,4-7,9H2,1H3,(H,18,21). The third-order valence-corrected chi connectivity index (χ3v) is 4.32. The molecule has 1 aliphatic rings. The van der Waals surface area contributed by atoms with E-state index in [0.29, 0.717) is 17.8 Å². The average Bonchev–Trinajstić information content (AvgIpc) is 2.88. The molecule has 1 aliphatic heterocycles. The number of hydrogen-bond acceptors (Lipinski definition) is 3. The van der Waals surface area contributed by atoms with Gasteiger partial charge in [0.2, 0.25) is 0 Å². The zero-order valence-corrected chi connectivity index (χ0v) is 12.0. The minimum Gasteiger partial charge on any atom is -0.395 e. The number of nitrogens with zero attached hydrogens (tertiary/aromatic N) is 1. The first-order valence-electron chi connectivity index (χ1n) is 7.25. The third kappa shape index (κ3) is 2.59. The summed E-state index contributed by atoms with van der Waals surface area (Å²) >= 11 is 0. The highest BCUT2D eigenvalue weighted by Gasteiger charge is 2.26. The fourth-order valence-electron chi connectivity index (χ4n) is 3.39. The van der Waals surface area contributed by atoms with Crippen LogP contribution in [0.1, 0.15) is 23.6 Å². The number of nitrogens with one attached hydrogen (secondary N) is 1. The SMILES string of the molecule is Cc1[nH]c(=O)c2cc(F)ccc2c1C1CCN(CCO)C1. The summed E-state index contributed by atoms with van der Waals surface area (Å²) in [7, 11) is 0. The fraction of sp³-hybridized carbons (Fsp3) is 0.438. The lowest BCUT2D eigenvalue weighted by Gasteiger charge is -2.18. The Bertz CT molecular complexity index is 726. The molecule has 1 atom stereocenters. The van der Waals surface area contributed by atoms with Crippen molar-refractivity contribution in [2.45, 2.75) is 19.3 Å². The summed E-state index contributed by atoms with van der Waals surface area (Å²) in [5.74, 6) is -0.0857. The van der Waals surface area contributed by atoms with Gasteiger partial charge in [-0.2, -0.15) is 0 Å². The van der Waals surface area contributed by atoms with Gasteiger partial charge in [-0.3, -0.25) is 4.79 Å². The van der Waals surface area contributed by atoms with Gasteiger partial charge in [0.15, 0.2) is 0 Å². The predicted molar refractivity (Wildman–Crippen MR) is 80.1 cm³/mol. The van der Waals surface area contributed by atoms with E-state index in [1.807, 2.05) is 6.92 Å². The highest BCUT2D eigenvalue weighted by molar-refractivity contribution is 5.86. The molecular weight excluding hydrogens is 271 g/mol. The van der Waals surface area contributed by atoms with E-state index in [-0.39, 0.29) is 12.2 Å². The lowest BCUT2D eigenvalue weighted by molar-refractivity contribution is 0.220. The summed E-state index contributed by atoms with van der Waals surface area (Å²) in [4.78, 5) is 17.1. The molecule has 1 saturated heterocycles. The highest BCUT2D eigenvalue weighted by Crippen LogP contribution is 2.33. The predicted octanol–water partition coefficient (Wildman–Crippen LogP) is 1.76. The van der Waals surface area contributed by atoms with Crippen molar-refractivity contribution >= 4 is 10.8 Å². The molecule has 0 spiro atoms. The van der Waals surface area contributed by atoms with Crippen LogP contribution in [0.5, 0.6) is 0 Å². The van der Waals surface area contributed by atoms with Crippen LogP contribution in [0, 0.1) is 12.7 Å². The molecule has 4 nitrogen and oxygen atoms in total. The van der Waals surface area contributed by atoms with Crippen molar-refractivity contribution in [3.63, 3.8) is 0 Å². The van der Waals surface area contributed by atoms with E-state index < -0.39 is 5.82 Å². The molecule has 0 saturated carbocycles. The molecule has 2 N–H and O–H groups in total. The molecular formula is C16H19FN2O2. The second-order valence-electron chi connectivity index (χ2n) is 5.69. The second kappa shape index (κ2) is 5.58. The van der Waals surface area contributed by atoms with Gasteiger partial charge in [0, 0.05) is 24.7 Å². The van der Waals surface area contributed by atoms with E-state index in [9.17, 15) is 9.18 Å². The van der Waals surface area contributed by atoms with E-state index in [2.05, 4.69) is 9.88 Å². The van der Waals surface area contributed by atoms with Crippen LogP contribution in [0.2, 0.25) is 0 Å². The number of H-pyrrole nitrogens is 1. The number of aromatic nitrogens is 1. The van der Waals surface area contributed by atoms with Crippen LogP contribution < -0.4 is 5.56 Å². The molecule has 2 heterocycles. The summed E-state index contributed by atoms with van der Waals surface area (Å²) in [6, 6.07) is 4.42. The van der Waals surface area contributed by atoms with Crippen LogP contribution in [0.3, 0.4) is 0 Å². The molecule has 0 aliphatic carbocycles. The molecule has 0 radical (unpaired) electrons. The minimum absolute atomic E-state index is 0.156. The molecule has 1 aromatic heterocycles. The van der Waals surface area contributed by atoms with E-state index in [0.717, 1.165) is 36.2 Å². The number of benzene rings is 1. The van der Waals surface area contributed by atoms with Crippen molar-refractivity contribution in [3.8, 4) is 0 Å². The number of halogens is 1. The Morgan fingerprint density at radius 2 is 2.24 bits per heavy atom. The summed E-state index contributed by atoms with van der Waals surface area (Å²) in [5, 5.41) is 10.3. The van der Waals surface area contributed by atoms with Crippen molar-refractivity contribution in [1.29, 1.82) is 0 Å². The molecule has 0 amide bonds. The molecule has 1 aromatic carbocycles. The number of β-amino-alcohol motifs (C(OH)–C–C–N with tert-alkyl or cyclic N) is 1. The summed E-state index contributed by atoms with van der Waals surface area (Å²) < 4.78 is 13.4. The van der Waals surface area contributed by atoms with Gasteiger partial charge in [-0.25, -0.2) is 4.39 Å². The van der Waals surface area contributed by atoms with E-state index >= 15 is 0 Å². The fourth-order valence-corrected chi connectivity index (χ4v) is 3.39. The Balaban J connectivity index is 2.08. The van der Waals surface area contributed by atoms with Gasteiger partial charge in [-0.05, 0) is 43.0 Å². The smallest absolute Gasteiger partial charge is 0.256 e. The monoisotopic (exact) mass is 290 g/mol.